The number of likely N-dealkylation sites (N-methyl/N-ethyl adjacent to an activating group) is 1. The Labute approximate surface area is 154 Å². The molecule has 26 heavy (non-hydrogen) atoms. The number of nitrogens with zero attached hydrogens (tertiary/aromatic N) is 5. The third kappa shape index (κ3) is 2.82. The van der Waals surface area contributed by atoms with E-state index < -0.39 is 0 Å². The summed E-state index contributed by atoms with van der Waals surface area (Å²) in [6, 6.07) is 4.34. The monoisotopic (exact) mass is 353 g/mol. The zero-order valence-electron chi connectivity index (χ0n) is 15.8. The zero-order chi connectivity index (χ0) is 18.3. The largest absolute Gasteiger partial charge is 0.338 e. The number of carbonyl (C=O) groups is 1. The van der Waals surface area contributed by atoms with Crippen molar-refractivity contribution in [3.05, 3.63) is 48.3 Å². The predicted octanol–water partition coefficient (Wildman–Crippen LogP) is 2.31. The average molecular weight is 353 g/mol. The molecule has 6 nitrogen and oxygen atoms in total. The maximum Gasteiger partial charge on any atom is 0.231 e. The van der Waals surface area contributed by atoms with Crippen LogP contribution in [0.5, 0.6) is 0 Å². The van der Waals surface area contributed by atoms with E-state index in [1.807, 2.05) is 29.6 Å². The summed E-state index contributed by atoms with van der Waals surface area (Å²) in [7, 11) is 2.11. The minimum Gasteiger partial charge on any atom is -0.338 e. The molecule has 0 bridgehead atoms. The number of aromatic nitrogens is 3. The molecule has 2 aliphatic heterocycles. The molecule has 2 saturated heterocycles. The van der Waals surface area contributed by atoms with E-state index in [0.29, 0.717) is 12.6 Å². The first-order chi connectivity index (χ1) is 12.5. The first-order valence-electron chi connectivity index (χ1n) is 9.40. The Kier molecular flexibility index (Phi) is 4.31. The van der Waals surface area contributed by atoms with Gasteiger partial charge in [0, 0.05) is 56.7 Å². The van der Waals surface area contributed by atoms with Crippen LogP contribution in [0.4, 0.5) is 0 Å². The summed E-state index contributed by atoms with van der Waals surface area (Å²) in [4.78, 5) is 26.6. The molecule has 0 radical (unpaired) electrons. The first-order valence-corrected chi connectivity index (χ1v) is 9.40. The quantitative estimate of drug-likeness (QED) is 0.846. The Morgan fingerprint density at radius 2 is 2.23 bits per heavy atom. The maximum absolute atomic E-state index is 13.4. The molecule has 4 rings (SSSR count). The number of likely N-dealkylation sites (tertiary alicyclic amines) is 2. The number of pyridine rings is 1. The minimum atomic E-state index is -0.340. The molecule has 2 atom stereocenters. The van der Waals surface area contributed by atoms with Crippen LogP contribution < -0.4 is 0 Å². The van der Waals surface area contributed by atoms with Gasteiger partial charge in [0.05, 0.1) is 17.4 Å². The van der Waals surface area contributed by atoms with Gasteiger partial charge in [0.1, 0.15) is 0 Å². The summed E-state index contributed by atoms with van der Waals surface area (Å²) in [5.41, 5.74) is 1.80. The summed E-state index contributed by atoms with van der Waals surface area (Å²) in [6.07, 6.45) is 8.55. The van der Waals surface area contributed by atoms with Crippen molar-refractivity contribution in [2.24, 2.45) is 5.41 Å². The molecule has 0 N–H and O–H groups in total. The molecule has 2 aromatic heterocycles. The van der Waals surface area contributed by atoms with Gasteiger partial charge in [-0.15, -0.1) is 0 Å². The number of rotatable bonds is 4. The molecule has 2 aliphatic rings. The lowest BCUT2D eigenvalue weighted by Gasteiger charge is -2.28. The molecule has 0 aliphatic carbocycles. The van der Waals surface area contributed by atoms with Gasteiger partial charge < -0.3 is 14.4 Å². The molecular formula is C20H27N5O. The summed E-state index contributed by atoms with van der Waals surface area (Å²) in [5.74, 6) is 0.439. The van der Waals surface area contributed by atoms with E-state index in [1.165, 1.54) is 0 Å². The molecule has 1 spiro atoms. The number of hydrogen-bond donors (Lipinski definition) is 0. The van der Waals surface area contributed by atoms with Gasteiger partial charge in [0.25, 0.3) is 0 Å². The summed E-state index contributed by atoms with van der Waals surface area (Å²) in [5, 5.41) is 0. The first kappa shape index (κ1) is 17.2. The van der Waals surface area contributed by atoms with Crippen molar-refractivity contribution in [3.8, 4) is 0 Å². The molecule has 0 aromatic carbocycles. The van der Waals surface area contributed by atoms with E-state index in [0.717, 1.165) is 37.3 Å². The van der Waals surface area contributed by atoms with Gasteiger partial charge in [0.2, 0.25) is 5.91 Å². The number of hydrogen-bond acceptors (Lipinski definition) is 4. The topological polar surface area (TPSA) is 54.3 Å². The molecular weight excluding hydrogens is 326 g/mol. The number of carbonyl (C=O) groups excluding carboxylic acids is 1. The van der Waals surface area contributed by atoms with E-state index in [-0.39, 0.29) is 17.2 Å². The summed E-state index contributed by atoms with van der Waals surface area (Å²) < 4.78 is 2.13. The van der Waals surface area contributed by atoms with Gasteiger partial charge in [-0.05, 0) is 38.9 Å². The molecule has 0 saturated carbocycles. The standard InChI is InChI=1S/C20H27N5O/c1-15(2)25-12-18(22-14-25)17-11-23(3)13-20(17)6-8-24(19(20)26)10-16-5-4-7-21-9-16/h4-5,7,9,12,14-15,17H,6,8,10-11,13H2,1-3H3/t17-,20+/m0/s1. The predicted molar refractivity (Wildman–Crippen MR) is 99.6 cm³/mol. The van der Waals surface area contributed by atoms with Gasteiger partial charge >= 0.3 is 0 Å². The molecule has 1 amide bonds. The SMILES string of the molecule is CC(C)n1cnc([C@@H]2CN(C)C[C@]23CCN(Cc2cccnc2)C3=O)c1. The van der Waals surface area contributed by atoms with E-state index >= 15 is 0 Å². The second-order valence-electron chi connectivity index (χ2n) is 8.08. The van der Waals surface area contributed by atoms with E-state index in [2.05, 4.69) is 46.5 Å². The van der Waals surface area contributed by atoms with Crippen molar-refractivity contribution in [2.75, 3.05) is 26.7 Å². The Morgan fingerprint density at radius 1 is 1.38 bits per heavy atom. The van der Waals surface area contributed by atoms with Crippen LogP contribution in [0.1, 0.15) is 43.5 Å². The number of imidazole rings is 1. The van der Waals surface area contributed by atoms with Gasteiger partial charge in [-0.2, -0.15) is 0 Å². The Hall–Kier alpha value is -2.21. The Morgan fingerprint density at radius 3 is 2.92 bits per heavy atom. The van der Waals surface area contributed by atoms with Crippen LogP contribution in [0.3, 0.4) is 0 Å². The third-order valence-electron chi connectivity index (χ3n) is 5.93. The molecule has 2 fully saturated rings. The van der Waals surface area contributed by atoms with Gasteiger partial charge in [-0.3, -0.25) is 9.78 Å². The third-order valence-corrected chi connectivity index (χ3v) is 5.93. The average Bonchev–Trinajstić information content (AvgIpc) is 3.30. The highest BCUT2D eigenvalue weighted by Gasteiger charge is 2.57. The van der Waals surface area contributed by atoms with Gasteiger partial charge in [0.15, 0.2) is 0 Å². The van der Waals surface area contributed by atoms with Crippen molar-refractivity contribution >= 4 is 5.91 Å². The van der Waals surface area contributed by atoms with Crippen molar-refractivity contribution in [2.45, 2.75) is 38.8 Å². The molecule has 0 unspecified atom stereocenters. The minimum absolute atomic E-state index is 0.166. The van der Waals surface area contributed by atoms with Crippen molar-refractivity contribution in [3.63, 3.8) is 0 Å². The van der Waals surface area contributed by atoms with Crippen LogP contribution in [-0.2, 0) is 11.3 Å². The summed E-state index contributed by atoms with van der Waals surface area (Å²) >= 11 is 0. The molecule has 2 aromatic rings. The van der Waals surface area contributed by atoms with Crippen molar-refractivity contribution in [1.82, 2.24) is 24.3 Å². The lowest BCUT2D eigenvalue weighted by Crippen LogP contribution is -2.39. The van der Waals surface area contributed by atoms with Crippen molar-refractivity contribution < 1.29 is 4.79 Å². The van der Waals surface area contributed by atoms with Crippen LogP contribution in [0.15, 0.2) is 37.1 Å². The van der Waals surface area contributed by atoms with E-state index in [4.69, 9.17) is 0 Å². The normalized spacial score (nSPS) is 26.5. The molecule has 4 heterocycles. The molecule has 6 heteroatoms. The fourth-order valence-corrected chi connectivity index (χ4v) is 4.53. The van der Waals surface area contributed by atoms with Gasteiger partial charge in [-0.25, -0.2) is 4.98 Å². The zero-order valence-corrected chi connectivity index (χ0v) is 15.8. The van der Waals surface area contributed by atoms with E-state index in [1.54, 1.807) is 6.20 Å². The van der Waals surface area contributed by atoms with Crippen LogP contribution in [0.2, 0.25) is 0 Å². The van der Waals surface area contributed by atoms with Crippen LogP contribution >= 0.6 is 0 Å². The number of amides is 1. The lowest BCUT2D eigenvalue weighted by atomic mass is 9.75. The van der Waals surface area contributed by atoms with Crippen LogP contribution in [0.25, 0.3) is 0 Å². The maximum atomic E-state index is 13.4. The second kappa shape index (κ2) is 6.50. The van der Waals surface area contributed by atoms with Crippen LogP contribution in [0, 0.1) is 5.41 Å². The highest BCUT2D eigenvalue weighted by molar-refractivity contribution is 5.86. The highest BCUT2D eigenvalue weighted by Crippen LogP contribution is 2.49. The highest BCUT2D eigenvalue weighted by atomic mass is 16.2. The van der Waals surface area contributed by atoms with E-state index in [9.17, 15) is 4.79 Å². The molecule has 138 valence electrons. The van der Waals surface area contributed by atoms with Crippen LogP contribution in [-0.4, -0.2) is 56.9 Å². The smallest absolute Gasteiger partial charge is 0.231 e. The Bertz CT molecular complexity index is 787. The summed E-state index contributed by atoms with van der Waals surface area (Å²) in [6.45, 7) is 7.46. The lowest BCUT2D eigenvalue weighted by molar-refractivity contribution is -0.136. The van der Waals surface area contributed by atoms with Crippen molar-refractivity contribution in [1.29, 1.82) is 0 Å². The van der Waals surface area contributed by atoms with Gasteiger partial charge in [-0.1, -0.05) is 6.07 Å². The Balaban J connectivity index is 1.60. The second-order valence-corrected chi connectivity index (χ2v) is 8.08. The fraction of sp³-hybridized carbons (Fsp3) is 0.550. The fourth-order valence-electron chi connectivity index (χ4n) is 4.53.